The van der Waals surface area contributed by atoms with Crippen molar-refractivity contribution in [1.29, 1.82) is 0 Å². The van der Waals surface area contributed by atoms with E-state index in [1.807, 2.05) is 18.8 Å². The summed E-state index contributed by atoms with van der Waals surface area (Å²) in [5.74, 6) is 1.19. The molecule has 1 heterocycles. The van der Waals surface area contributed by atoms with Gasteiger partial charge in [-0.15, -0.1) is 0 Å². The van der Waals surface area contributed by atoms with Crippen LogP contribution < -0.4 is 5.32 Å². The third-order valence-electron chi connectivity index (χ3n) is 1.75. The predicted octanol–water partition coefficient (Wildman–Crippen LogP) is 1.57. The average molecular weight is 184 g/mol. The zero-order chi connectivity index (χ0) is 8.81. The summed E-state index contributed by atoms with van der Waals surface area (Å²) in [5, 5.41) is 3.13. The molecule has 3 heteroatoms. The lowest BCUT2D eigenvalue weighted by Crippen LogP contribution is -2.04. The van der Waals surface area contributed by atoms with Crippen LogP contribution >= 0.6 is 11.8 Å². The van der Waals surface area contributed by atoms with Gasteiger partial charge in [0.1, 0.15) is 0 Å². The molecule has 0 unspecified atom stereocenters. The van der Waals surface area contributed by atoms with Gasteiger partial charge in [0.15, 0.2) is 0 Å². The van der Waals surface area contributed by atoms with E-state index >= 15 is 0 Å². The van der Waals surface area contributed by atoms with E-state index in [9.17, 15) is 0 Å². The standard InChI is InChI=1S/C9H16N2S/c1-10-7-9-3-4-11(8-9)5-6-12-2/h3-4,8,10H,5-7H2,1-2H3. The Kier molecular flexibility index (Phi) is 4.25. The number of nitrogens with one attached hydrogen (secondary N) is 1. The van der Waals surface area contributed by atoms with E-state index in [0.29, 0.717) is 0 Å². The molecule has 12 heavy (non-hydrogen) atoms. The van der Waals surface area contributed by atoms with E-state index in [-0.39, 0.29) is 0 Å². The number of rotatable bonds is 5. The summed E-state index contributed by atoms with van der Waals surface area (Å²) >= 11 is 1.88. The Hall–Kier alpha value is -0.410. The molecule has 1 N–H and O–H groups in total. The average Bonchev–Trinajstić information content (AvgIpc) is 2.50. The van der Waals surface area contributed by atoms with E-state index in [1.165, 1.54) is 11.3 Å². The van der Waals surface area contributed by atoms with Gasteiger partial charge in [-0.2, -0.15) is 11.8 Å². The number of hydrogen-bond donors (Lipinski definition) is 1. The maximum Gasteiger partial charge on any atom is 0.0310 e. The summed E-state index contributed by atoms with van der Waals surface area (Å²) in [6.45, 7) is 2.08. The highest BCUT2D eigenvalue weighted by Crippen LogP contribution is 2.02. The van der Waals surface area contributed by atoms with Crippen molar-refractivity contribution in [2.45, 2.75) is 13.1 Å². The van der Waals surface area contributed by atoms with E-state index in [1.54, 1.807) is 0 Å². The highest BCUT2D eigenvalue weighted by atomic mass is 32.2. The first kappa shape index (κ1) is 9.68. The Morgan fingerprint density at radius 1 is 1.58 bits per heavy atom. The Balaban J connectivity index is 2.41. The fourth-order valence-electron chi connectivity index (χ4n) is 1.14. The molecular formula is C9H16N2S. The summed E-state index contributed by atoms with van der Waals surface area (Å²) in [4.78, 5) is 0. The van der Waals surface area contributed by atoms with Gasteiger partial charge >= 0.3 is 0 Å². The molecule has 2 nitrogen and oxygen atoms in total. The first-order valence-electron chi connectivity index (χ1n) is 4.15. The van der Waals surface area contributed by atoms with Crippen LogP contribution in [0.2, 0.25) is 0 Å². The topological polar surface area (TPSA) is 17.0 Å². The molecule has 1 aromatic rings. The number of aromatic nitrogens is 1. The molecule has 0 bridgehead atoms. The van der Waals surface area contributed by atoms with Crippen LogP contribution in [0.3, 0.4) is 0 Å². The molecule has 0 aliphatic rings. The number of nitrogens with zero attached hydrogens (tertiary/aromatic N) is 1. The van der Waals surface area contributed by atoms with Crippen LogP contribution in [-0.4, -0.2) is 23.6 Å². The van der Waals surface area contributed by atoms with Gasteiger partial charge in [0.2, 0.25) is 0 Å². The Labute approximate surface area is 78.3 Å². The molecule has 0 aromatic carbocycles. The fourth-order valence-corrected chi connectivity index (χ4v) is 1.53. The molecule has 0 saturated heterocycles. The second-order valence-electron chi connectivity index (χ2n) is 2.78. The highest BCUT2D eigenvalue weighted by molar-refractivity contribution is 7.98. The molecule has 0 spiro atoms. The molecule has 0 atom stereocenters. The zero-order valence-corrected chi connectivity index (χ0v) is 8.53. The van der Waals surface area contributed by atoms with Crippen LogP contribution in [0, 0.1) is 0 Å². The largest absolute Gasteiger partial charge is 0.353 e. The SMILES string of the molecule is CNCc1ccn(CCSC)c1. The van der Waals surface area contributed by atoms with Crippen LogP contribution in [0.5, 0.6) is 0 Å². The summed E-state index contributed by atoms with van der Waals surface area (Å²) in [6, 6.07) is 2.16. The fraction of sp³-hybridized carbons (Fsp3) is 0.556. The lowest BCUT2D eigenvalue weighted by molar-refractivity contribution is 0.764. The first-order chi connectivity index (χ1) is 5.86. The minimum Gasteiger partial charge on any atom is -0.353 e. The lowest BCUT2D eigenvalue weighted by Gasteiger charge is -1.99. The van der Waals surface area contributed by atoms with Crippen molar-refractivity contribution >= 4 is 11.8 Å². The van der Waals surface area contributed by atoms with E-state index in [4.69, 9.17) is 0 Å². The van der Waals surface area contributed by atoms with Crippen molar-refractivity contribution in [1.82, 2.24) is 9.88 Å². The quantitative estimate of drug-likeness (QED) is 0.748. The third-order valence-corrected chi connectivity index (χ3v) is 2.34. The summed E-state index contributed by atoms with van der Waals surface area (Å²) in [5.41, 5.74) is 1.36. The minimum atomic E-state index is 0.965. The molecule has 1 aromatic heterocycles. The van der Waals surface area contributed by atoms with Crippen molar-refractivity contribution in [2.24, 2.45) is 0 Å². The molecule has 0 aliphatic heterocycles. The van der Waals surface area contributed by atoms with Gasteiger partial charge in [-0.25, -0.2) is 0 Å². The van der Waals surface area contributed by atoms with Crippen LogP contribution in [0.15, 0.2) is 18.5 Å². The monoisotopic (exact) mass is 184 g/mol. The van der Waals surface area contributed by atoms with Crippen molar-refractivity contribution in [2.75, 3.05) is 19.1 Å². The van der Waals surface area contributed by atoms with E-state index in [0.717, 1.165) is 13.1 Å². The van der Waals surface area contributed by atoms with E-state index in [2.05, 4.69) is 34.6 Å². The molecule has 0 aliphatic carbocycles. The van der Waals surface area contributed by atoms with Crippen LogP contribution in [0.1, 0.15) is 5.56 Å². The Bertz CT molecular complexity index is 220. The van der Waals surface area contributed by atoms with Gasteiger partial charge in [-0.05, 0) is 24.9 Å². The summed E-state index contributed by atoms with van der Waals surface area (Å²) in [7, 11) is 1.97. The van der Waals surface area contributed by atoms with Crippen LogP contribution in [-0.2, 0) is 13.1 Å². The maximum atomic E-state index is 3.13. The van der Waals surface area contributed by atoms with Crippen LogP contribution in [0.25, 0.3) is 0 Å². The first-order valence-corrected chi connectivity index (χ1v) is 5.54. The Morgan fingerprint density at radius 3 is 3.08 bits per heavy atom. The Morgan fingerprint density at radius 2 is 2.42 bits per heavy atom. The van der Waals surface area contributed by atoms with Gasteiger partial charge in [0.25, 0.3) is 0 Å². The third kappa shape index (κ3) is 2.91. The molecule has 0 amide bonds. The molecule has 68 valence electrons. The molecule has 0 radical (unpaired) electrons. The van der Waals surface area contributed by atoms with Gasteiger partial charge in [0.05, 0.1) is 0 Å². The van der Waals surface area contributed by atoms with Gasteiger partial charge in [-0.3, -0.25) is 0 Å². The molecular weight excluding hydrogens is 168 g/mol. The number of thioether (sulfide) groups is 1. The minimum absolute atomic E-state index is 0.965. The maximum absolute atomic E-state index is 3.13. The van der Waals surface area contributed by atoms with E-state index < -0.39 is 0 Å². The van der Waals surface area contributed by atoms with Gasteiger partial charge < -0.3 is 9.88 Å². The van der Waals surface area contributed by atoms with Crippen LogP contribution in [0.4, 0.5) is 0 Å². The van der Waals surface area contributed by atoms with Crippen molar-refractivity contribution < 1.29 is 0 Å². The number of hydrogen-bond acceptors (Lipinski definition) is 2. The second kappa shape index (κ2) is 5.27. The summed E-state index contributed by atoms with van der Waals surface area (Å²) < 4.78 is 2.24. The predicted molar refractivity (Wildman–Crippen MR) is 55.6 cm³/mol. The highest BCUT2D eigenvalue weighted by Gasteiger charge is 1.94. The van der Waals surface area contributed by atoms with Gasteiger partial charge in [-0.1, -0.05) is 0 Å². The summed E-state index contributed by atoms with van der Waals surface area (Å²) in [6.07, 6.45) is 6.48. The number of aryl methyl sites for hydroxylation is 1. The normalized spacial score (nSPS) is 10.5. The molecule has 0 fully saturated rings. The smallest absolute Gasteiger partial charge is 0.0310 e. The zero-order valence-electron chi connectivity index (χ0n) is 7.71. The van der Waals surface area contributed by atoms with Crippen molar-refractivity contribution in [3.63, 3.8) is 0 Å². The van der Waals surface area contributed by atoms with Crippen molar-refractivity contribution in [3.05, 3.63) is 24.0 Å². The molecule has 0 saturated carbocycles. The molecule has 1 rings (SSSR count). The lowest BCUT2D eigenvalue weighted by atomic mass is 10.3. The second-order valence-corrected chi connectivity index (χ2v) is 3.77. The van der Waals surface area contributed by atoms with Crippen molar-refractivity contribution in [3.8, 4) is 0 Å². The van der Waals surface area contributed by atoms with Gasteiger partial charge in [0, 0.05) is 31.2 Å².